The van der Waals surface area contributed by atoms with Crippen LogP contribution in [0.3, 0.4) is 0 Å². The van der Waals surface area contributed by atoms with Crippen LogP contribution in [0.4, 0.5) is 0 Å². The predicted octanol–water partition coefficient (Wildman–Crippen LogP) is 1.40. The van der Waals surface area contributed by atoms with Gasteiger partial charge in [-0.05, 0) is 38.1 Å². The average Bonchev–Trinajstić information content (AvgIpc) is 3.09. The summed E-state index contributed by atoms with van der Waals surface area (Å²) in [5, 5.41) is 11.4. The highest BCUT2D eigenvalue weighted by atomic mass is 16.4. The second-order valence-corrected chi connectivity index (χ2v) is 4.97. The van der Waals surface area contributed by atoms with Crippen molar-refractivity contribution >= 4 is 11.9 Å². The van der Waals surface area contributed by atoms with E-state index in [0.717, 1.165) is 31.7 Å². The molecule has 0 aliphatic carbocycles. The van der Waals surface area contributed by atoms with Crippen LogP contribution in [0, 0.1) is 0 Å². The third-order valence-corrected chi connectivity index (χ3v) is 3.51. The van der Waals surface area contributed by atoms with Gasteiger partial charge >= 0.3 is 5.97 Å². The Morgan fingerprint density at radius 1 is 1.35 bits per heavy atom. The molecular weight excluding hydrogens is 260 g/mol. The van der Waals surface area contributed by atoms with Crippen molar-refractivity contribution in [2.24, 2.45) is 0 Å². The highest BCUT2D eigenvalue weighted by Gasteiger charge is 2.25. The Kier molecular flexibility index (Phi) is 5.17. The van der Waals surface area contributed by atoms with E-state index in [0.29, 0.717) is 6.54 Å². The molecule has 1 aliphatic rings. The van der Waals surface area contributed by atoms with Gasteiger partial charge in [0, 0.05) is 13.0 Å². The standard InChI is InChI=1S/C14H20N2O4/c17-13(5-6-14(18)19)15-10-11(12-4-3-9-20-12)16-7-1-2-8-16/h3-4,9,11H,1-2,5-8,10H2,(H,15,17)(H,18,19). The molecule has 0 aromatic carbocycles. The predicted molar refractivity (Wildman–Crippen MR) is 72.1 cm³/mol. The molecule has 0 bridgehead atoms. The highest BCUT2D eigenvalue weighted by Crippen LogP contribution is 2.24. The molecule has 0 spiro atoms. The molecule has 110 valence electrons. The number of carbonyl (C=O) groups excluding carboxylic acids is 1. The summed E-state index contributed by atoms with van der Waals surface area (Å²) in [5.74, 6) is -0.351. The third kappa shape index (κ3) is 4.09. The molecule has 2 N–H and O–H groups in total. The van der Waals surface area contributed by atoms with Gasteiger partial charge in [0.05, 0.1) is 18.7 Å². The van der Waals surface area contributed by atoms with Gasteiger partial charge in [0.25, 0.3) is 0 Å². The summed E-state index contributed by atoms with van der Waals surface area (Å²) in [6.45, 7) is 2.44. The smallest absolute Gasteiger partial charge is 0.303 e. The maximum atomic E-state index is 11.6. The molecule has 6 heteroatoms. The van der Waals surface area contributed by atoms with E-state index in [1.165, 1.54) is 0 Å². The molecule has 0 radical (unpaired) electrons. The van der Waals surface area contributed by atoms with Crippen molar-refractivity contribution in [1.82, 2.24) is 10.2 Å². The van der Waals surface area contributed by atoms with Crippen molar-refractivity contribution in [2.45, 2.75) is 31.7 Å². The molecule has 1 amide bonds. The van der Waals surface area contributed by atoms with Crippen molar-refractivity contribution in [3.63, 3.8) is 0 Å². The Balaban J connectivity index is 1.88. The maximum Gasteiger partial charge on any atom is 0.303 e. The Morgan fingerprint density at radius 2 is 2.10 bits per heavy atom. The zero-order chi connectivity index (χ0) is 14.4. The molecule has 1 aliphatic heterocycles. The number of carboxylic acid groups (broad SMARTS) is 1. The van der Waals surface area contributed by atoms with Gasteiger partial charge in [-0.1, -0.05) is 0 Å². The lowest BCUT2D eigenvalue weighted by Crippen LogP contribution is -2.36. The number of amides is 1. The minimum Gasteiger partial charge on any atom is -0.481 e. The van der Waals surface area contributed by atoms with E-state index < -0.39 is 5.97 Å². The molecule has 1 unspecified atom stereocenters. The molecule has 0 saturated carbocycles. The first-order valence-corrected chi connectivity index (χ1v) is 6.93. The fraction of sp³-hybridized carbons (Fsp3) is 0.571. The van der Waals surface area contributed by atoms with E-state index in [2.05, 4.69) is 10.2 Å². The summed E-state index contributed by atoms with van der Waals surface area (Å²) >= 11 is 0. The van der Waals surface area contributed by atoms with Crippen LogP contribution in [0.15, 0.2) is 22.8 Å². The molecule has 1 aromatic rings. The molecule has 2 heterocycles. The second-order valence-electron chi connectivity index (χ2n) is 4.97. The van der Waals surface area contributed by atoms with E-state index in [4.69, 9.17) is 9.52 Å². The number of nitrogens with zero attached hydrogens (tertiary/aromatic N) is 1. The second kappa shape index (κ2) is 7.09. The van der Waals surface area contributed by atoms with Crippen LogP contribution in [-0.2, 0) is 9.59 Å². The van der Waals surface area contributed by atoms with E-state index in [-0.39, 0.29) is 24.8 Å². The molecule has 1 saturated heterocycles. The number of nitrogens with one attached hydrogen (secondary N) is 1. The Hall–Kier alpha value is -1.82. The van der Waals surface area contributed by atoms with Gasteiger partial charge in [0.1, 0.15) is 5.76 Å². The van der Waals surface area contributed by atoms with Gasteiger partial charge in [-0.3, -0.25) is 14.5 Å². The average molecular weight is 280 g/mol. The van der Waals surface area contributed by atoms with Crippen LogP contribution < -0.4 is 5.32 Å². The van der Waals surface area contributed by atoms with Crippen molar-refractivity contribution in [3.8, 4) is 0 Å². The number of rotatable bonds is 7. The van der Waals surface area contributed by atoms with Gasteiger partial charge in [0.2, 0.25) is 5.91 Å². The minimum absolute atomic E-state index is 0.0141. The number of hydrogen-bond acceptors (Lipinski definition) is 4. The van der Waals surface area contributed by atoms with Gasteiger partial charge in [0.15, 0.2) is 0 Å². The lowest BCUT2D eigenvalue weighted by Gasteiger charge is -2.25. The summed E-state index contributed by atoms with van der Waals surface area (Å²) in [4.78, 5) is 24.3. The SMILES string of the molecule is O=C(O)CCC(=O)NCC(c1ccco1)N1CCCC1. The monoisotopic (exact) mass is 280 g/mol. The minimum atomic E-state index is -0.956. The van der Waals surface area contributed by atoms with Crippen molar-refractivity contribution < 1.29 is 19.1 Å². The fourth-order valence-corrected chi connectivity index (χ4v) is 2.46. The van der Waals surface area contributed by atoms with Crippen LogP contribution in [0.2, 0.25) is 0 Å². The third-order valence-electron chi connectivity index (χ3n) is 3.51. The number of aliphatic carboxylic acids is 1. The Bertz CT molecular complexity index is 438. The van der Waals surface area contributed by atoms with Crippen molar-refractivity contribution in [2.75, 3.05) is 19.6 Å². The summed E-state index contributed by atoms with van der Waals surface area (Å²) in [7, 11) is 0. The first-order valence-electron chi connectivity index (χ1n) is 6.93. The van der Waals surface area contributed by atoms with Crippen molar-refractivity contribution in [1.29, 1.82) is 0 Å². The first-order chi connectivity index (χ1) is 9.66. The number of carboxylic acids is 1. The lowest BCUT2D eigenvalue weighted by molar-refractivity contribution is -0.138. The van der Waals surface area contributed by atoms with E-state index in [1.807, 2.05) is 12.1 Å². The fourth-order valence-electron chi connectivity index (χ4n) is 2.46. The number of carbonyl (C=O) groups is 2. The molecular formula is C14H20N2O4. The normalized spacial score (nSPS) is 17.0. The quantitative estimate of drug-likeness (QED) is 0.789. The van der Waals surface area contributed by atoms with Gasteiger partial charge in [-0.25, -0.2) is 0 Å². The largest absolute Gasteiger partial charge is 0.481 e. The van der Waals surface area contributed by atoms with E-state index in [9.17, 15) is 9.59 Å². The number of furan rings is 1. The maximum absolute atomic E-state index is 11.6. The van der Waals surface area contributed by atoms with Crippen LogP contribution >= 0.6 is 0 Å². The lowest BCUT2D eigenvalue weighted by atomic mass is 10.2. The van der Waals surface area contributed by atoms with Crippen LogP contribution in [0.25, 0.3) is 0 Å². The van der Waals surface area contributed by atoms with Gasteiger partial charge < -0.3 is 14.8 Å². The van der Waals surface area contributed by atoms with Crippen LogP contribution in [-0.4, -0.2) is 41.5 Å². The van der Waals surface area contributed by atoms with Crippen LogP contribution in [0.5, 0.6) is 0 Å². The summed E-state index contributed by atoms with van der Waals surface area (Å²) < 4.78 is 5.45. The Labute approximate surface area is 117 Å². The van der Waals surface area contributed by atoms with E-state index >= 15 is 0 Å². The summed E-state index contributed by atoms with van der Waals surface area (Å²) in [5.41, 5.74) is 0. The van der Waals surface area contributed by atoms with Gasteiger partial charge in [-0.15, -0.1) is 0 Å². The summed E-state index contributed by atoms with van der Waals surface area (Å²) in [6.07, 6.45) is 3.82. The van der Waals surface area contributed by atoms with Crippen molar-refractivity contribution in [3.05, 3.63) is 24.2 Å². The Morgan fingerprint density at radius 3 is 2.70 bits per heavy atom. The zero-order valence-corrected chi connectivity index (χ0v) is 11.4. The first kappa shape index (κ1) is 14.6. The molecule has 1 fully saturated rings. The molecule has 2 rings (SSSR count). The molecule has 1 aromatic heterocycles. The molecule has 20 heavy (non-hydrogen) atoms. The zero-order valence-electron chi connectivity index (χ0n) is 11.4. The highest BCUT2D eigenvalue weighted by molar-refractivity contribution is 5.80. The number of likely N-dealkylation sites (tertiary alicyclic amines) is 1. The topological polar surface area (TPSA) is 82.8 Å². The number of hydrogen-bond donors (Lipinski definition) is 2. The summed E-state index contributed by atoms with van der Waals surface area (Å²) in [6, 6.07) is 3.78. The van der Waals surface area contributed by atoms with Crippen LogP contribution in [0.1, 0.15) is 37.5 Å². The van der Waals surface area contributed by atoms with Gasteiger partial charge in [-0.2, -0.15) is 0 Å². The molecule has 1 atom stereocenters. The molecule has 6 nitrogen and oxygen atoms in total. The van der Waals surface area contributed by atoms with E-state index in [1.54, 1.807) is 6.26 Å².